The molecule has 5 N–H and O–H groups in total. The van der Waals surface area contributed by atoms with Gasteiger partial charge in [-0.15, -0.1) is 0 Å². The quantitative estimate of drug-likeness (QED) is 0.745. The van der Waals surface area contributed by atoms with Gasteiger partial charge in [0.2, 0.25) is 0 Å². The van der Waals surface area contributed by atoms with Crippen LogP contribution in [0.4, 0.5) is 5.82 Å². The van der Waals surface area contributed by atoms with Gasteiger partial charge in [-0.2, -0.15) is 0 Å². The van der Waals surface area contributed by atoms with Gasteiger partial charge in [-0.1, -0.05) is 18.2 Å². The maximum absolute atomic E-state index is 11.2. The van der Waals surface area contributed by atoms with Gasteiger partial charge in [0, 0.05) is 11.8 Å². The molecule has 1 aromatic carbocycles. The number of aliphatic hydroxyl groups is 1. The third-order valence-electron chi connectivity index (χ3n) is 2.63. The average molecular weight is 243 g/mol. The van der Waals surface area contributed by atoms with Crippen LogP contribution in [0.25, 0.3) is 11.1 Å². The predicted molar refractivity (Wildman–Crippen MR) is 68.5 cm³/mol. The lowest BCUT2D eigenvalue weighted by molar-refractivity contribution is 0.100. The van der Waals surface area contributed by atoms with Crippen molar-refractivity contribution in [3.63, 3.8) is 0 Å². The number of rotatable bonds is 3. The van der Waals surface area contributed by atoms with E-state index in [-0.39, 0.29) is 18.0 Å². The number of hydrogen-bond acceptors (Lipinski definition) is 4. The van der Waals surface area contributed by atoms with Crippen molar-refractivity contribution in [2.75, 3.05) is 5.73 Å². The smallest absolute Gasteiger partial charge is 0.252 e. The summed E-state index contributed by atoms with van der Waals surface area (Å²) in [7, 11) is 0. The van der Waals surface area contributed by atoms with Gasteiger partial charge in [0.15, 0.2) is 0 Å². The number of amides is 1. The number of anilines is 1. The number of carbonyl (C=O) groups excluding carboxylic acids is 1. The fourth-order valence-corrected chi connectivity index (χ4v) is 1.68. The van der Waals surface area contributed by atoms with E-state index >= 15 is 0 Å². The molecule has 0 radical (unpaired) electrons. The monoisotopic (exact) mass is 243 g/mol. The van der Waals surface area contributed by atoms with Gasteiger partial charge in [0.1, 0.15) is 5.82 Å². The molecule has 1 heterocycles. The fourth-order valence-electron chi connectivity index (χ4n) is 1.68. The number of pyridine rings is 1. The molecule has 5 heteroatoms. The molecule has 0 aliphatic heterocycles. The van der Waals surface area contributed by atoms with E-state index in [9.17, 15) is 4.79 Å². The summed E-state index contributed by atoms with van der Waals surface area (Å²) in [6.45, 7) is -0.0427. The van der Waals surface area contributed by atoms with Crippen LogP contribution in [0.2, 0.25) is 0 Å². The second kappa shape index (κ2) is 4.85. The largest absolute Gasteiger partial charge is 0.392 e. The second-order valence-electron chi connectivity index (χ2n) is 3.88. The summed E-state index contributed by atoms with van der Waals surface area (Å²) in [6.07, 6.45) is 1.57. The summed E-state index contributed by atoms with van der Waals surface area (Å²) in [6, 6.07) is 8.90. The molecule has 0 atom stereocenters. The lowest BCUT2D eigenvalue weighted by Crippen LogP contribution is -2.14. The molecule has 1 aromatic heterocycles. The number of benzene rings is 1. The van der Waals surface area contributed by atoms with Crippen molar-refractivity contribution in [2.45, 2.75) is 6.61 Å². The fraction of sp³-hybridized carbons (Fsp3) is 0.0769. The van der Waals surface area contributed by atoms with Crippen LogP contribution in [0, 0.1) is 0 Å². The molecule has 5 nitrogen and oxygen atoms in total. The summed E-state index contributed by atoms with van der Waals surface area (Å²) < 4.78 is 0. The van der Waals surface area contributed by atoms with Crippen molar-refractivity contribution in [3.05, 3.63) is 47.7 Å². The molecule has 92 valence electrons. The molecule has 2 aromatic rings. The third kappa shape index (κ3) is 2.31. The van der Waals surface area contributed by atoms with E-state index < -0.39 is 5.91 Å². The van der Waals surface area contributed by atoms with Crippen molar-refractivity contribution in [1.29, 1.82) is 0 Å². The van der Waals surface area contributed by atoms with Crippen LogP contribution in [0.3, 0.4) is 0 Å². The number of nitrogens with two attached hydrogens (primary N) is 2. The minimum atomic E-state index is -0.611. The van der Waals surface area contributed by atoms with Crippen LogP contribution in [-0.2, 0) is 6.61 Å². The Morgan fingerprint density at radius 1 is 1.28 bits per heavy atom. The lowest BCUT2D eigenvalue weighted by atomic mass is 10.0. The number of hydrogen-bond donors (Lipinski definition) is 3. The van der Waals surface area contributed by atoms with Crippen LogP contribution >= 0.6 is 0 Å². The van der Waals surface area contributed by atoms with Gasteiger partial charge >= 0.3 is 0 Å². The van der Waals surface area contributed by atoms with Gasteiger partial charge < -0.3 is 16.6 Å². The summed E-state index contributed by atoms with van der Waals surface area (Å²) in [5.74, 6) is -0.496. The summed E-state index contributed by atoms with van der Waals surface area (Å²) in [5.41, 5.74) is 13.3. The zero-order chi connectivity index (χ0) is 13.1. The molecule has 2 rings (SSSR count). The number of nitrogen functional groups attached to an aromatic ring is 1. The zero-order valence-electron chi connectivity index (χ0n) is 9.63. The maximum Gasteiger partial charge on any atom is 0.252 e. The number of nitrogens with zero attached hydrogens (tertiary/aromatic N) is 1. The Morgan fingerprint density at radius 3 is 2.72 bits per heavy atom. The van der Waals surface area contributed by atoms with Gasteiger partial charge in [-0.3, -0.25) is 4.79 Å². The van der Waals surface area contributed by atoms with E-state index in [1.54, 1.807) is 12.3 Å². The molecule has 0 spiro atoms. The molecule has 0 aliphatic carbocycles. The minimum absolute atomic E-state index is 0.0427. The van der Waals surface area contributed by atoms with Gasteiger partial charge in [-0.25, -0.2) is 4.98 Å². The Balaban J connectivity index is 2.50. The Labute approximate surface area is 104 Å². The summed E-state index contributed by atoms with van der Waals surface area (Å²) >= 11 is 0. The number of aromatic nitrogens is 1. The molecular weight excluding hydrogens is 230 g/mol. The SMILES string of the molecule is NC(=O)c1cc(-c2cccc(CO)c2)cnc1N. The first-order valence-electron chi connectivity index (χ1n) is 5.37. The lowest BCUT2D eigenvalue weighted by Gasteiger charge is -2.06. The molecule has 0 fully saturated rings. The van der Waals surface area contributed by atoms with Crippen molar-refractivity contribution in [2.24, 2.45) is 5.73 Å². The zero-order valence-corrected chi connectivity index (χ0v) is 9.63. The van der Waals surface area contributed by atoms with E-state index in [2.05, 4.69) is 4.98 Å². The number of carbonyl (C=O) groups is 1. The van der Waals surface area contributed by atoms with Crippen LogP contribution < -0.4 is 11.5 Å². The molecule has 18 heavy (non-hydrogen) atoms. The number of primary amides is 1. The third-order valence-corrected chi connectivity index (χ3v) is 2.63. The Morgan fingerprint density at radius 2 is 2.06 bits per heavy atom. The highest BCUT2D eigenvalue weighted by atomic mass is 16.3. The molecular formula is C13H13N3O2. The average Bonchev–Trinajstić information content (AvgIpc) is 2.39. The molecule has 0 unspecified atom stereocenters. The highest BCUT2D eigenvalue weighted by Gasteiger charge is 2.09. The first-order valence-corrected chi connectivity index (χ1v) is 5.37. The van der Waals surface area contributed by atoms with E-state index in [1.807, 2.05) is 24.3 Å². The van der Waals surface area contributed by atoms with Crippen LogP contribution in [0.1, 0.15) is 15.9 Å². The van der Waals surface area contributed by atoms with Crippen LogP contribution in [0.5, 0.6) is 0 Å². The van der Waals surface area contributed by atoms with E-state index in [4.69, 9.17) is 16.6 Å². The van der Waals surface area contributed by atoms with Crippen LogP contribution in [0.15, 0.2) is 36.5 Å². The van der Waals surface area contributed by atoms with E-state index in [1.165, 1.54) is 0 Å². The predicted octanol–water partition coefficient (Wildman–Crippen LogP) is 0.922. The number of aliphatic hydroxyl groups excluding tert-OH is 1. The van der Waals surface area contributed by atoms with Crippen molar-refractivity contribution in [3.8, 4) is 11.1 Å². The molecule has 0 saturated heterocycles. The van der Waals surface area contributed by atoms with Gasteiger partial charge in [0.25, 0.3) is 5.91 Å². The molecule has 0 bridgehead atoms. The summed E-state index contributed by atoms with van der Waals surface area (Å²) in [5, 5.41) is 9.09. The topological polar surface area (TPSA) is 102 Å². The Kier molecular flexibility index (Phi) is 3.25. The standard InChI is InChI=1S/C13H13N3O2/c14-12-11(13(15)18)5-10(6-16-12)9-3-1-2-8(4-9)7-17/h1-6,17H,7H2,(H2,14,16)(H2,15,18). The van der Waals surface area contributed by atoms with Crippen molar-refractivity contribution < 1.29 is 9.90 Å². The molecule has 0 aliphatic rings. The van der Waals surface area contributed by atoms with Gasteiger partial charge in [0.05, 0.1) is 12.2 Å². The first kappa shape index (κ1) is 12.1. The first-order chi connectivity index (χ1) is 8.61. The highest BCUT2D eigenvalue weighted by molar-refractivity contribution is 5.98. The normalized spacial score (nSPS) is 10.3. The highest BCUT2D eigenvalue weighted by Crippen LogP contribution is 2.22. The second-order valence-corrected chi connectivity index (χ2v) is 3.88. The van der Waals surface area contributed by atoms with Crippen LogP contribution in [-0.4, -0.2) is 16.0 Å². The molecule has 1 amide bonds. The maximum atomic E-state index is 11.2. The van der Waals surface area contributed by atoms with Crippen molar-refractivity contribution >= 4 is 11.7 Å². The van der Waals surface area contributed by atoms with Gasteiger partial charge in [-0.05, 0) is 23.3 Å². The van der Waals surface area contributed by atoms with E-state index in [0.717, 1.165) is 16.7 Å². The Hall–Kier alpha value is -2.40. The van der Waals surface area contributed by atoms with Crippen molar-refractivity contribution in [1.82, 2.24) is 4.98 Å². The Bertz CT molecular complexity index is 597. The minimum Gasteiger partial charge on any atom is -0.392 e. The molecule has 0 saturated carbocycles. The summed E-state index contributed by atoms with van der Waals surface area (Å²) in [4.78, 5) is 15.1. The van der Waals surface area contributed by atoms with E-state index in [0.29, 0.717) is 0 Å².